The number of non-ortho nitro benzene ring substituents is 1. The van der Waals surface area contributed by atoms with Crippen molar-refractivity contribution < 1.29 is 14.4 Å². The van der Waals surface area contributed by atoms with E-state index in [1.54, 1.807) is 31.4 Å². The van der Waals surface area contributed by atoms with E-state index < -0.39 is 4.92 Å². The average molecular weight is 362 g/mol. The van der Waals surface area contributed by atoms with Crippen LogP contribution >= 0.6 is 0 Å². The highest BCUT2D eigenvalue weighted by Gasteiger charge is 2.12. The molecule has 0 amide bonds. The van der Waals surface area contributed by atoms with E-state index in [-0.39, 0.29) is 5.69 Å². The van der Waals surface area contributed by atoms with E-state index in [0.29, 0.717) is 29.3 Å². The quantitative estimate of drug-likeness (QED) is 0.340. The highest BCUT2D eigenvalue weighted by molar-refractivity contribution is 5.88. The third kappa shape index (κ3) is 4.12. The number of nitrogens with zero attached hydrogens (tertiary/aromatic N) is 2. The van der Waals surface area contributed by atoms with Crippen molar-refractivity contribution in [1.82, 2.24) is 4.98 Å². The molecule has 0 bridgehead atoms. The summed E-state index contributed by atoms with van der Waals surface area (Å²) in [5, 5.41) is 11.9. The van der Waals surface area contributed by atoms with Gasteiger partial charge in [-0.05, 0) is 29.8 Å². The summed E-state index contributed by atoms with van der Waals surface area (Å²) in [4.78, 5) is 15.2. The van der Waals surface area contributed by atoms with Crippen LogP contribution in [0.5, 0.6) is 11.5 Å². The van der Waals surface area contributed by atoms with Gasteiger partial charge in [-0.25, -0.2) is 4.98 Å². The van der Waals surface area contributed by atoms with Crippen LogP contribution < -0.4 is 9.47 Å². The first-order chi connectivity index (χ1) is 13.1. The smallest absolute Gasteiger partial charge is 0.295 e. The van der Waals surface area contributed by atoms with Crippen LogP contribution in [0.4, 0.5) is 5.69 Å². The first-order valence-corrected chi connectivity index (χ1v) is 8.26. The van der Waals surface area contributed by atoms with Crippen LogP contribution in [0, 0.1) is 10.1 Å². The third-order valence-corrected chi connectivity index (χ3v) is 3.91. The van der Waals surface area contributed by atoms with Crippen molar-refractivity contribution >= 4 is 28.7 Å². The summed E-state index contributed by atoms with van der Waals surface area (Å²) >= 11 is 0. The zero-order valence-corrected chi connectivity index (χ0v) is 14.8. The summed E-state index contributed by atoms with van der Waals surface area (Å²) in [7, 11) is 1.58. The molecule has 3 aromatic rings. The number of aromatic nitrogens is 1. The van der Waals surface area contributed by atoms with Gasteiger partial charge >= 0.3 is 0 Å². The zero-order valence-electron chi connectivity index (χ0n) is 14.8. The molecule has 3 rings (SSSR count). The number of benzene rings is 2. The number of ether oxygens (including phenoxy) is 2. The molecule has 6 nitrogen and oxygen atoms in total. The Kier molecular flexibility index (Phi) is 5.47. The number of para-hydroxylation sites is 1. The Hall–Kier alpha value is -3.67. The van der Waals surface area contributed by atoms with Crippen molar-refractivity contribution in [3.05, 3.63) is 82.6 Å². The van der Waals surface area contributed by atoms with Gasteiger partial charge in [-0.2, -0.15) is 0 Å². The molecular formula is C21H18N2O4. The first kappa shape index (κ1) is 18.1. The average Bonchev–Trinajstić information content (AvgIpc) is 2.70. The van der Waals surface area contributed by atoms with Crippen LogP contribution in [-0.4, -0.2) is 23.6 Å². The second kappa shape index (κ2) is 8.14. The van der Waals surface area contributed by atoms with Crippen LogP contribution in [-0.2, 0) is 0 Å². The van der Waals surface area contributed by atoms with Crippen molar-refractivity contribution in [2.24, 2.45) is 0 Å². The lowest BCUT2D eigenvalue weighted by molar-refractivity contribution is -0.383. The van der Waals surface area contributed by atoms with Crippen LogP contribution in [0.25, 0.3) is 23.1 Å². The molecule has 0 aliphatic carbocycles. The Labute approximate surface area is 156 Å². The Bertz CT molecular complexity index is 1030. The predicted octanol–water partition coefficient (Wildman–Crippen LogP) is 4.89. The van der Waals surface area contributed by atoms with Gasteiger partial charge in [-0.3, -0.25) is 10.1 Å². The van der Waals surface area contributed by atoms with Crippen LogP contribution in [0.3, 0.4) is 0 Å². The molecule has 0 atom stereocenters. The Morgan fingerprint density at radius 1 is 1.15 bits per heavy atom. The van der Waals surface area contributed by atoms with Crippen molar-refractivity contribution in [3.8, 4) is 11.5 Å². The SMILES string of the molecule is C=CCOc1ccc(/C=C/c2ccc3cccc([N+](=O)[O-])c3n2)cc1OC. The summed E-state index contributed by atoms with van der Waals surface area (Å²) in [5.74, 6) is 1.25. The minimum absolute atomic E-state index is 0.00635. The van der Waals surface area contributed by atoms with Gasteiger partial charge in [0.05, 0.1) is 17.7 Å². The molecule has 0 aliphatic heterocycles. The lowest BCUT2D eigenvalue weighted by Crippen LogP contribution is -1.96. The Morgan fingerprint density at radius 3 is 2.74 bits per heavy atom. The standard InChI is InChI=1S/C21H18N2O4/c1-3-13-27-19-12-8-15(14-20(19)26-2)7-10-17-11-9-16-5-4-6-18(23(24)25)21(16)22-17/h3-12,14H,1,13H2,2H3/b10-7+. The molecule has 2 aromatic carbocycles. The van der Waals surface area contributed by atoms with Crippen molar-refractivity contribution in [2.45, 2.75) is 0 Å². The molecule has 27 heavy (non-hydrogen) atoms. The topological polar surface area (TPSA) is 74.5 Å². The summed E-state index contributed by atoms with van der Waals surface area (Å²) in [6.45, 7) is 4.02. The van der Waals surface area contributed by atoms with Gasteiger partial charge in [0, 0.05) is 11.5 Å². The Morgan fingerprint density at radius 2 is 2.00 bits per heavy atom. The van der Waals surface area contributed by atoms with E-state index in [0.717, 1.165) is 10.9 Å². The molecule has 136 valence electrons. The van der Waals surface area contributed by atoms with Crippen LogP contribution in [0.2, 0.25) is 0 Å². The minimum Gasteiger partial charge on any atom is -0.493 e. The fourth-order valence-corrected chi connectivity index (χ4v) is 2.62. The maximum atomic E-state index is 11.2. The molecular weight excluding hydrogens is 344 g/mol. The number of rotatable bonds is 7. The number of nitro groups is 1. The number of hydrogen-bond acceptors (Lipinski definition) is 5. The maximum Gasteiger partial charge on any atom is 0.295 e. The van der Waals surface area contributed by atoms with Crippen LogP contribution in [0.1, 0.15) is 11.3 Å². The van der Waals surface area contributed by atoms with Gasteiger partial charge in [0.1, 0.15) is 12.1 Å². The molecule has 6 heteroatoms. The summed E-state index contributed by atoms with van der Waals surface area (Å²) in [6.07, 6.45) is 5.33. The number of nitro benzene ring substituents is 1. The number of fused-ring (bicyclic) bond motifs is 1. The minimum atomic E-state index is -0.421. The van der Waals surface area contributed by atoms with E-state index in [1.165, 1.54) is 6.07 Å². The normalized spacial score (nSPS) is 10.9. The van der Waals surface area contributed by atoms with E-state index in [4.69, 9.17) is 9.47 Å². The predicted molar refractivity (Wildman–Crippen MR) is 106 cm³/mol. The van der Waals surface area contributed by atoms with Crippen molar-refractivity contribution in [3.63, 3.8) is 0 Å². The van der Waals surface area contributed by atoms with Gasteiger partial charge in [0.15, 0.2) is 11.5 Å². The second-order valence-electron chi connectivity index (χ2n) is 5.69. The van der Waals surface area contributed by atoms with Gasteiger partial charge < -0.3 is 9.47 Å². The third-order valence-electron chi connectivity index (χ3n) is 3.91. The molecule has 0 saturated heterocycles. The fraction of sp³-hybridized carbons (Fsp3) is 0.0952. The monoisotopic (exact) mass is 362 g/mol. The maximum absolute atomic E-state index is 11.2. The number of hydrogen-bond donors (Lipinski definition) is 0. The molecule has 0 fully saturated rings. The number of pyridine rings is 1. The summed E-state index contributed by atoms with van der Waals surface area (Å²) in [5.41, 5.74) is 1.88. The van der Waals surface area contributed by atoms with E-state index in [1.807, 2.05) is 36.4 Å². The highest BCUT2D eigenvalue weighted by Crippen LogP contribution is 2.29. The second-order valence-corrected chi connectivity index (χ2v) is 5.69. The van der Waals surface area contributed by atoms with Gasteiger partial charge in [0.2, 0.25) is 0 Å². The molecule has 0 saturated carbocycles. The molecule has 0 N–H and O–H groups in total. The van der Waals surface area contributed by atoms with Gasteiger partial charge in [-0.15, -0.1) is 0 Å². The van der Waals surface area contributed by atoms with E-state index in [2.05, 4.69) is 11.6 Å². The largest absolute Gasteiger partial charge is 0.493 e. The molecule has 1 aromatic heterocycles. The van der Waals surface area contributed by atoms with Gasteiger partial charge in [0.25, 0.3) is 5.69 Å². The highest BCUT2D eigenvalue weighted by atomic mass is 16.6. The van der Waals surface area contributed by atoms with Crippen molar-refractivity contribution in [1.29, 1.82) is 0 Å². The molecule has 0 radical (unpaired) electrons. The molecule has 0 aliphatic rings. The number of methoxy groups -OCH3 is 1. The van der Waals surface area contributed by atoms with E-state index in [9.17, 15) is 10.1 Å². The van der Waals surface area contributed by atoms with Crippen LogP contribution in [0.15, 0.2) is 61.2 Å². The Balaban J connectivity index is 1.90. The summed E-state index contributed by atoms with van der Waals surface area (Å²) in [6, 6.07) is 14.1. The molecule has 1 heterocycles. The van der Waals surface area contributed by atoms with Crippen molar-refractivity contribution in [2.75, 3.05) is 13.7 Å². The fourth-order valence-electron chi connectivity index (χ4n) is 2.62. The molecule has 0 spiro atoms. The molecule has 0 unspecified atom stereocenters. The lowest BCUT2D eigenvalue weighted by atomic mass is 10.1. The summed E-state index contributed by atoms with van der Waals surface area (Å²) < 4.78 is 10.9. The van der Waals surface area contributed by atoms with E-state index >= 15 is 0 Å². The van der Waals surface area contributed by atoms with Gasteiger partial charge in [-0.1, -0.05) is 43.0 Å². The first-order valence-electron chi connectivity index (χ1n) is 8.26. The zero-order chi connectivity index (χ0) is 19.2. The lowest BCUT2D eigenvalue weighted by Gasteiger charge is -2.09.